The maximum Gasteiger partial charge on any atom is 0.336 e. The molecule has 4 nitrogen and oxygen atoms in total. The minimum atomic E-state index is -0.928. The third kappa shape index (κ3) is 3.47. The molecule has 0 saturated heterocycles. The number of carboxylic acids is 1. The van der Waals surface area contributed by atoms with Crippen LogP contribution in [0.4, 0.5) is 11.4 Å². The summed E-state index contributed by atoms with van der Waals surface area (Å²) in [6.45, 7) is 13.7. The molecule has 0 atom stereocenters. The molecule has 1 heterocycles. The minimum absolute atomic E-state index is 0.0116. The number of likely N-dealkylation sites (N-methyl/N-ethyl adjacent to an activating group) is 1. The molecule has 3 rings (SSSR count). The second kappa shape index (κ2) is 7.27. The number of rotatable bonds is 4. The van der Waals surface area contributed by atoms with Crippen molar-refractivity contribution in [3.05, 3.63) is 64.2 Å². The second-order valence-electron chi connectivity index (χ2n) is 7.96. The van der Waals surface area contributed by atoms with Crippen LogP contribution in [0.2, 0.25) is 0 Å². The average molecular weight is 377 g/mol. The molecule has 0 bridgehead atoms. The Morgan fingerprint density at radius 3 is 2.57 bits per heavy atom. The number of benzene rings is 2. The Hall–Kier alpha value is -2.88. The zero-order chi connectivity index (χ0) is 20.6. The van der Waals surface area contributed by atoms with E-state index in [1.54, 1.807) is 19.1 Å². The number of fused-ring (bicyclic) bond motifs is 1. The summed E-state index contributed by atoms with van der Waals surface area (Å²) in [5.74, 6) is -0.928. The van der Waals surface area contributed by atoms with Gasteiger partial charge in [0.15, 0.2) is 0 Å². The van der Waals surface area contributed by atoms with Crippen molar-refractivity contribution in [1.29, 1.82) is 0 Å². The maximum absolute atomic E-state index is 11.3. The standard InChI is InChI=1S/C24H28N2O2/c1-7-26-22-11-15(2)18(12-20(22)16(3)13-24(26,5)6)14-25-21-10-8-9-19(17(21)4)23(27)28/h8-14H,7H2,1-6H3,(H,27,28). The number of allylic oxidation sites excluding steroid dienone is 1. The summed E-state index contributed by atoms with van der Waals surface area (Å²) in [6, 6.07) is 9.61. The highest BCUT2D eigenvalue weighted by molar-refractivity contribution is 5.93. The van der Waals surface area contributed by atoms with E-state index in [-0.39, 0.29) is 11.1 Å². The SMILES string of the molecule is CCN1c2cc(C)c(C=Nc3cccc(C(=O)O)c3C)cc2C(C)=CC1(C)C. The van der Waals surface area contributed by atoms with Gasteiger partial charge in [-0.2, -0.15) is 0 Å². The van der Waals surface area contributed by atoms with Crippen molar-refractivity contribution in [3.8, 4) is 0 Å². The molecule has 0 radical (unpaired) electrons. The zero-order valence-corrected chi connectivity index (χ0v) is 17.5. The fraction of sp³-hybridized carbons (Fsp3) is 0.333. The van der Waals surface area contributed by atoms with Crippen molar-refractivity contribution in [2.45, 2.75) is 47.1 Å². The lowest BCUT2D eigenvalue weighted by Crippen LogP contribution is -2.45. The first-order valence-corrected chi connectivity index (χ1v) is 9.64. The van der Waals surface area contributed by atoms with Gasteiger partial charge < -0.3 is 10.0 Å². The van der Waals surface area contributed by atoms with Crippen LogP contribution in [0.25, 0.3) is 5.57 Å². The van der Waals surface area contributed by atoms with Crippen LogP contribution in [0.1, 0.15) is 60.3 Å². The lowest BCUT2D eigenvalue weighted by atomic mass is 9.87. The van der Waals surface area contributed by atoms with Crippen LogP contribution < -0.4 is 4.90 Å². The highest BCUT2D eigenvalue weighted by atomic mass is 16.4. The summed E-state index contributed by atoms with van der Waals surface area (Å²) in [7, 11) is 0. The molecule has 0 spiro atoms. The molecule has 28 heavy (non-hydrogen) atoms. The minimum Gasteiger partial charge on any atom is -0.478 e. The topological polar surface area (TPSA) is 52.9 Å². The first-order chi connectivity index (χ1) is 13.2. The molecule has 0 unspecified atom stereocenters. The molecule has 1 aliphatic heterocycles. The van der Waals surface area contributed by atoms with Crippen molar-refractivity contribution in [1.82, 2.24) is 0 Å². The highest BCUT2D eigenvalue weighted by Crippen LogP contribution is 2.40. The fourth-order valence-electron chi connectivity index (χ4n) is 4.10. The normalized spacial score (nSPS) is 15.5. The highest BCUT2D eigenvalue weighted by Gasteiger charge is 2.30. The average Bonchev–Trinajstić information content (AvgIpc) is 2.60. The Morgan fingerprint density at radius 2 is 1.93 bits per heavy atom. The number of carboxylic acid groups (broad SMARTS) is 1. The Labute approximate surface area is 167 Å². The first-order valence-electron chi connectivity index (χ1n) is 9.64. The van der Waals surface area contributed by atoms with E-state index in [4.69, 9.17) is 0 Å². The lowest BCUT2D eigenvalue weighted by Gasteiger charge is -2.43. The molecule has 0 fully saturated rings. The molecule has 1 N–H and O–H groups in total. The number of hydrogen-bond donors (Lipinski definition) is 1. The summed E-state index contributed by atoms with van der Waals surface area (Å²) in [6.07, 6.45) is 4.16. The van der Waals surface area contributed by atoms with Gasteiger partial charge in [0.2, 0.25) is 0 Å². The number of carbonyl (C=O) groups is 1. The van der Waals surface area contributed by atoms with Crippen LogP contribution in [0.15, 0.2) is 41.4 Å². The van der Waals surface area contributed by atoms with Crippen LogP contribution in [0, 0.1) is 13.8 Å². The van der Waals surface area contributed by atoms with Crippen LogP contribution >= 0.6 is 0 Å². The number of hydrogen-bond acceptors (Lipinski definition) is 3. The molecule has 1 aliphatic rings. The van der Waals surface area contributed by atoms with Gasteiger partial charge >= 0.3 is 5.97 Å². The molecule has 4 heteroatoms. The molecule has 2 aromatic carbocycles. The zero-order valence-electron chi connectivity index (χ0n) is 17.5. The van der Waals surface area contributed by atoms with E-state index in [0.717, 1.165) is 17.7 Å². The molecule has 2 aromatic rings. The van der Waals surface area contributed by atoms with Gasteiger partial charge in [-0.3, -0.25) is 4.99 Å². The Kier molecular flexibility index (Phi) is 5.16. The molecular formula is C24H28N2O2. The Balaban J connectivity index is 2.05. The summed E-state index contributed by atoms with van der Waals surface area (Å²) >= 11 is 0. The molecule has 0 aliphatic carbocycles. The molecule has 0 amide bonds. The van der Waals surface area contributed by atoms with Crippen LogP contribution in [-0.2, 0) is 0 Å². The van der Waals surface area contributed by atoms with Crippen LogP contribution in [-0.4, -0.2) is 29.4 Å². The number of nitrogens with zero attached hydrogens (tertiary/aromatic N) is 2. The third-order valence-electron chi connectivity index (χ3n) is 5.56. The van der Waals surface area contributed by atoms with E-state index in [1.807, 2.05) is 12.3 Å². The van der Waals surface area contributed by atoms with Crippen molar-refractivity contribution < 1.29 is 9.90 Å². The number of aromatic carboxylic acids is 1. The predicted octanol–water partition coefficient (Wildman–Crippen LogP) is 5.77. The van der Waals surface area contributed by atoms with Gasteiger partial charge in [-0.25, -0.2) is 4.79 Å². The third-order valence-corrected chi connectivity index (χ3v) is 5.56. The van der Waals surface area contributed by atoms with Crippen molar-refractivity contribution in [2.75, 3.05) is 11.4 Å². The van der Waals surface area contributed by atoms with Gasteiger partial charge in [0, 0.05) is 24.0 Å². The van der Waals surface area contributed by atoms with Gasteiger partial charge in [-0.15, -0.1) is 0 Å². The lowest BCUT2D eigenvalue weighted by molar-refractivity contribution is 0.0696. The quantitative estimate of drug-likeness (QED) is 0.689. The van der Waals surface area contributed by atoms with Crippen molar-refractivity contribution in [2.24, 2.45) is 4.99 Å². The van der Waals surface area contributed by atoms with Crippen LogP contribution in [0.3, 0.4) is 0 Å². The Bertz CT molecular complexity index is 1000. The predicted molar refractivity (Wildman–Crippen MR) is 117 cm³/mol. The second-order valence-corrected chi connectivity index (χ2v) is 7.96. The molecular weight excluding hydrogens is 348 g/mol. The summed E-state index contributed by atoms with van der Waals surface area (Å²) in [4.78, 5) is 18.4. The number of aliphatic imine (C=N–C) groups is 1. The van der Waals surface area contributed by atoms with E-state index >= 15 is 0 Å². The summed E-state index contributed by atoms with van der Waals surface area (Å²) in [5.41, 5.74) is 7.58. The molecule has 0 aromatic heterocycles. The maximum atomic E-state index is 11.3. The molecule has 146 valence electrons. The largest absolute Gasteiger partial charge is 0.478 e. The van der Waals surface area contributed by atoms with Crippen molar-refractivity contribution in [3.63, 3.8) is 0 Å². The van der Waals surface area contributed by atoms with E-state index < -0.39 is 5.97 Å². The monoisotopic (exact) mass is 376 g/mol. The van der Waals surface area contributed by atoms with E-state index in [9.17, 15) is 9.90 Å². The number of aryl methyl sites for hydroxylation is 1. The first kappa shape index (κ1) is 19.9. The van der Waals surface area contributed by atoms with E-state index in [2.05, 4.69) is 62.7 Å². The van der Waals surface area contributed by atoms with E-state index in [1.165, 1.54) is 16.8 Å². The van der Waals surface area contributed by atoms with Crippen LogP contribution in [0.5, 0.6) is 0 Å². The number of anilines is 1. The van der Waals surface area contributed by atoms with Gasteiger partial charge in [0.05, 0.1) is 16.8 Å². The summed E-state index contributed by atoms with van der Waals surface area (Å²) in [5, 5.41) is 9.31. The van der Waals surface area contributed by atoms with Gasteiger partial charge in [-0.05, 0) is 88.1 Å². The van der Waals surface area contributed by atoms with Gasteiger partial charge in [0.1, 0.15) is 0 Å². The van der Waals surface area contributed by atoms with Gasteiger partial charge in [0.25, 0.3) is 0 Å². The van der Waals surface area contributed by atoms with E-state index in [0.29, 0.717) is 11.3 Å². The van der Waals surface area contributed by atoms with Gasteiger partial charge in [-0.1, -0.05) is 12.1 Å². The Morgan fingerprint density at radius 1 is 1.21 bits per heavy atom. The summed E-state index contributed by atoms with van der Waals surface area (Å²) < 4.78 is 0. The van der Waals surface area contributed by atoms with Crippen molar-refractivity contribution >= 4 is 29.1 Å². The smallest absolute Gasteiger partial charge is 0.336 e. The fourth-order valence-corrected chi connectivity index (χ4v) is 4.10. The molecule has 0 saturated carbocycles.